The third-order valence-corrected chi connectivity index (χ3v) is 3.40. The Hall–Kier alpha value is -1.90. The average Bonchev–Trinajstić information content (AvgIpc) is 3.00. The second kappa shape index (κ2) is 5.00. The monoisotopic (exact) mass is 279 g/mol. The van der Waals surface area contributed by atoms with Crippen LogP contribution in [0, 0.1) is 6.92 Å². The number of hydrogen-bond acceptors (Lipinski definition) is 9. The van der Waals surface area contributed by atoms with E-state index in [1.54, 1.807) is 6.92 Å². The SMILES string of the molecule is Cc1nnc(Sc2nc(N)nc(N3CCCC3)n2)o1. The Morgan fingerprint density at radius 1 is 1.16 bits per heavy atom. The summed E-state index contributed by atoms with van der Waals surface area (Å²) in [5, 5.41) is 8.51. The van der Waals surface area contributed by atoms with Gasteiger partial charge in [0.05, 0.1) is 0 Å². The molecule has 1 fully saturated rings. The van der Waals surface area contributed by atoms with Crippen LogP contribution >= 0.6 is 11.8 Å². The van der Waals surface area contributed by atoms with Crippen molar-refractivity contribution in [2.45, 2.75) is 30.1 Å². The van der Waals surface area contributed by atoms with E-state index < -0.39 is 0 Å². The van der Waals surface area contributed by atoms with Gasteiger partial charge in [-0.2, -0.15) is 15.0 Å². The molecular formula is C10H13N7OS. The third kappa shape index (κ3) is 2.75. The lowest BCUT2D eigenvalue weighted by atomic mass is 10.4. The van der Waals surface area contributed by atoms with Crippen molar-refractivity contribution in [3.05, 3.63) is 5.89 Å². The molecule has 3 rings (SSSR count). The first kappa shape index (κ1) is 12.2. The molecule has 100 valence electrons. The first-order valence-corrected chi connectivity index (χ1v) is 6.77. The van der Waals surface area contributed by atoms with Gasteiger partial charge in [-0.1, -0.05) is 0 Å². The summed E-state index contributed by atoms with van der Waals surface area (Å²) < 4.78 is 5.28. The van der Waals surface area contributed by atoms with Gasteiger partial charge in [0, 0.05) is 31.8 Å². The first-order chi connectivity index (χ1) is 9.20. The van der Waals surface area contributed by atoms with Crippen molar-refractivity contribution in [1.82, 2.24) is 25.1 Å². The molecule has 2 aromatic rings. The molecule has 0 spiro atoms. The van der Waals surface area contributed by atoms with Crippen molar-refractivity contribution in [3.8, 4) is 0 Å². The van der Waals surface area contributed by atoms with Gasteiger partial charge in [0.2, 0.25) is 22.9 Å². The van der Waals surface area contributed by atoms with E-state index in [9.17, 15) is 0 Å². The van der Waals surface area contributed by atoms with E-state index in [2.05, 4.69) is 30.0 Å². The first-order valence-electron chi connectivity index (χ1n) is 5.95. The highest BCUT2D eigenvalue weighted by Gasteiger charge is 2.18. The van der Waals surface area contributed by atoms with Gasteiger partial charge in [0.25, 0.3) is 5.22 Å². The zero-order chi connectivity index (χ0) is 13.2. The zero-order valence-electron chi connectivity index (χ0n) is 10.4. The predicted octanol–water partition coefficient (Wildman–Crippen LogP) is 0.897. The number of anilines is 2. The number of nitrogens with zero attached hydrogens (tertiary/aromatic N) is 6. The summed E-state index contributed by atoms with van der Waals surface area (Å²) in [6, 6.07) is 0. The van der Waals surface area contributed by atoms with Crippen LogP contribution in [0.2, 0.25) is 0 Å². The van der Waals surface area contributed by atoms with Crippen LogP contribution in [0.15, 0.2) is 14.8 Å². The molecule has 3 heterocycles. The molecule has 0 unspecified atom stereocenters. The minimum Gasteiger partial charge on any atom is -0.416 e. The summed E-state index contributed by atoms with van der Waals surface area (Å²) in [7, 11) is 0. The second-order valence-electron chi connectivity index (χ2n) is 4.16. The molecule has 1 aliphatic rings. The van der Waals surface area contributed by atoms with Crippen LogP contribution in [0.1, 0.15) is 18.7 Å². The smallest absolute Gasteiger partial charge is 0.284 e. The van der Waals surface area contributed by atoms with Crippen LogP contribution < -0.4 is 10.6 Å². The molecule has 2 aromatic heterocycles. The molecular weight excluding hydrogens is 266 g/mol. The molecule has 2 N–H and O–H groups in total. The second-order valence-corrected chi connectivity index (χ2v) is 5.08. The van der Waals surface area contributed by atoms with Crippen molar-refractivity contribution in [1.29, 1.82) is 0 Å². The number of hydrogen-bond donors (Lipinski definition) is 1. The van der Waals surface area contributed by atoms with Crippen LogP contribution in [-0.4, -0.2) is 38.2 Å². The van der Waals surface area contributed by atoms with E-state index >= 15 is 0 Å². The summed E-state index contributed by atoms with van der Waals surface area (Å²) in [4.78, 5) is 14.7. The summed E-state index contributed by atoms with van der Waals surface area (Å²) >= 11 is 1.19. The summed E-state index contributed by atoms with van der Waals surface area (Å²) in [6.07, 6.45) is 2.30. The van der Waals surface area contributed by atoms with Crippen LogP contribution in [-0.2, 0) is 0 Å². The number of nitrogen functional groups attached to an aromatic ring is 1. The summed E-state index contributed by atoms with van der Waals surface area (Å²) in [6.45, 7) is 3.63. The Morgan fingerprint density at radius 3 is 2.63 bits per heavy atom. The third-order valence-electron chi connectivity index (χ3n) is 2.70. The molecule has 0 aromatic carbocycles. The van der Waals surface area contributed by atoms with Gasteiger partial charge in [-0.25, -0.2) is 0 Å². The Kier molecular flexibility index (Phi) is 3.20. The van der Waals surface area contributed by atoms with E-state index in [0.717, 1.165) is 25.9 Å². The van der Waals surface area contributed by atoms with E-state index in [1.165, 1.54) is 11.8 Å². The molecule has 0 atom stereocenters. The van der Waals surface area contributed by atoms with Gasteiger partial charge in [0.1, 0.15) is 0 Å². The highest BCUT2D eigenvalue weighted by molar-refractivity contribution is 7.98. The Morgan fingerprint density at radius 2 is 1.95 bits per heavy atom. The summed E-state index contributed by atoms with van der Waals surface area (Å²) in [5.74, 6) is 1.32. The minimum absolute atomic E-state index is 0.204. The van der Waals surface area contributed by atoms with Crippen molar-refractivity contribution < 1.29 is 4.42 Å². The van der Waals surface area contributed by atoms with Gasteiger partial charge in [-0.15, -0.1) is 10.2 Å². The van der Waals surface area contributed by atoms with Crippen LogP contribution in [0.25, 0.3) is 0 Å². The van der Waals surface area contributed by atoms with Crippen LogP contribution in [0.3, 0.4) is 0 Å². The van der Waals surface area contributed by atoms with Gasteiger partial charge in [0.15, 0.2) is 0 Å². The lowest BCUT2D eigenvalue weighted by Crippen LogP contribution is -2.21. The van der Waals surface area contributed by atoms with Crippen molar-refractivity contribution in [2.24, 2.45) is 0 Å². The molecule has 0 radical (unpaired) electrons. The highest BCUT2D eigenvalue weighted by atomic mass is 32.2. The van der Waals surface area contributed by atoms with E-state index in [-0.39, 0.29) is 5.95 Å². The van der Waals surface area contributed by atoms with E-state index in [0.29, 0.717) is 22.2 Å². The Balaban J connectivity index is 1.84. The number of rotatable bonds is 3. The minimum atomic E-state index is 0.204. The summed E-state index contributed by atoms with van der Waals surface area (Å²) in [5.41, 5.74) is 5.72. The molecule has 0 saturated carbocycles. The van der Waals surface area contributed by atoms with Crippen LogP contribution in [0.4, 0.5) is 11.9 Å². The highest BCUT2D eigenvalue weighted by Crippen LogP contribution is 2.25. The topological polar surface area (TPSA) is 107 Å². The zero-order valence-corrected chi connectivity index (χ0v) is 11.2. The Labute approximate surface area is 113 Å². The molecule has 0 aliphatic carbocycles. The average molecular weight is 279 g/mol. The van der Waals surface area contributed by atoms with Gasteiger partial charge in [-0.05, 0) is 12.8 Å². The Bertz CT molecular complexity index is 581. The maximum atomic E-state index is 5.72. The van der Waals surface area contributed by atoms with Gasteiger partial charge >= 0.3 is 0 Å². The van der Waals surface area contributed by atoms with Gasteiger partial charge in [-0.3, -0.25) is 0 Å². The maximum absolute atomic E-state index is 5.72. The van der Waals surface area contributed by atoms with E-state index in [1.807, 2.05) is 0 Å². The normalized spacial score (nSPS) is 15.1. The van der Waals surface area contributed by atoms with E-state index in [4.69, 9.17) is 10.2 Å². The fourth-order valence-corrected chi connectivity index (χ4v) is 2.53. The van der Waals surface area contributed by atoms with Gasteiger partial charge < -0.3 is 15.1 Å². The fourth-order valence-electron chi connectivity index (χ4n) is 1.86. The fraction of sp³-hybridized carbons (Fsp3) is 0.500. The molecule has 0 amide bonds. The molecule has 1 saturated heterocycles. The largest absolute Gasteiger partial charge is 0.416 e. The van der Waals surface area contributed by atoms with Crippen molar-refractivity contribution in [3.63, 3.8) is 0 Å². The van der Waals surface area contributed by atoms with Crippen LogP contribution in [0.5, 0.6) is 0 Å². The maximum Gasteiger partial charge on any atom is 0.284 e. The molecule has 9 heteroatoms. The quantitative estimate of drug-likeness (QED) is 0.876. The standard InChI is InChI=1S/C10H13N7OS/c1-6-15-16-10(18-6)19-9-13-7(11)12-8(14-9)17-4-2-3-5-17/h2-5H2,1H3,(H2,11,12,13,14). The number of aryl methyl sites for hydroxylation is 1. The van der Waals surface area contributed by atoms with Crippen molar-refractivity contribution >= 4 is 23.7 Å². The van der Waals surface area contributed by atoms with Crippen molar-refractivity contribution in [2.75, 3.05) is 23.7 Å². The lowest BCUT2D eigenvalue weighted by molar-refractivity contribution is 0.429. The molecule has 1 aliphatic heterocycles. The molecule has 0 bridgehead atoms. The number of aromatic nitrogens is 5. The lowest BCUT2D eigenvalue weighted by Gasteiger charge is -2.15. The predicted molar refractivity (Wildman–Crippen MR) is 68.8 cm³/mol. The number of nitrogens with two attached hydrogens (primary N) is 1. The molecule has 19 heavy (non-hydrogen) atoms. The molecule has 8 nitrogen and oxygen atoms in total.